The largest absolute Gasteiger partial charge is 0.394 e. The lowest BCUT2D eigenvalue weighted by Gasteiger charge is -2.04. The van der Waals surface area contributed by atoms with Gasteiger partial charge in [-0.2, -0.15) is 0 Å². The maximum Gasteiger partial charge on any atom is 0.100 e. The summed E-state index contributed by atoms with van der Waals surface area (Å²) < 4.78 is 9.67. The lowest BCUT2D eigenvalue weighted by atomic mass is 10.4. The van der Waals surface area contributed by atoms with Crippen LogP contribution in [0.4, 0.5) is 0 Å². The first-order valence-corrected chi connectivity index (χ1v) is 4.89. The summed E-state index contributed by atoms with van der Waals surface area (Å²) in [5.41, 5.74) is 0. The lowest BCUT2D eigenvalue weighted by molar-refractivity contribution is 0.0104. The fourth-order valence-electron chi connectivity index (χ4n) is 0.541. The topological polar surface area (TPSA) is 58.9 Å². The summed E-state index contributed by atoms with van der Waals surface area (Å²) in [6, 6.07) is 0. The third kappa shape index (κ3) is 19.7. The zero-order valence-corrected chi connectivity index (χ0v) is 9.39. The average molecular weight is 218 g/mol. The molecule has 0 aromatic rings. The van der Waals surface area contributed by atoms with Crippen molar-refractivity contribution in [3.05, 3.63) is 25.3 Å². The molecule has 0 aromatic carbocycles. The van der Waals surface area contributed by atoms with Gasteiger partial charge in [0, 0.05) is 6.61 Å². The molecule has 0 heterocycles. The highest BCUT2D eigenvalue weighted by molar-refractivity contribution is 4.68. The molecule has 0 radical (unpaired) electrons. The molecule has 0 bridgehead atoms. The van der Waals surface area contributed by atoms with Gasteiger partial charge in [0.1, 0.15) is 6.10 Å². The number of aliphatic hydroxyl groups excluding tert-OH is 2. The maximum atomic E-state index is 8.61. The molecule has 0 rings (SSSR count). The van der Waals surface area contributed by atoms with Crippen molar-refractivity contribution in [2.75, 3.05) is 33.0 Å². The van der Waals surface area contributed by atoms with Crippen LogP contribution in [0.5, 0.6) is 0 Å². The molecular formula is C11H22O4. The van der Waals surface area contributed by atoms with E-state index in [1.165, 1.54) is 0 Å². The van der Waals surface area contributed by atoms with Crippen LogP contribution in [0.3, 0.4) is 0 Å². The molecule has 4 nitrogen and oxygen atoms in total. The molecule has 0 aromatic heterocycles. The molecule has 1 unspecified atom stereocenters. The van der Waals surface area contributed by atoms with Crippen LogP contribution in [0.1, 0.15) is 6.92 Å². The summed E-state index contributed by atoms with van der Waals surface area (Å²) in [6.45, 7) is 10.6. The number of hydrogen-bond acceptors (Lipinski definition) is 4. The Hall–Kier alpha value is -0.680. The zero-order valence-electron chi connectivity index (χ0n) is 9.39. The summed E-state index contributed by atoms with van der Waals surface area (Å²) in [5, 5.41) is 16.8. The molecule has 0 aliphatic carbocycles. The van der Waals surface area contributed by atoms with Crippen molar-refractivity contribution in [1.82, 2.24) is 0 Å². The van der Waals surface area contributed by atoms with Gasteiger partial charge in [0.05, 0.1) is 26.4 Å². The average Bonchev–Trinajstić information content (AvgIpc) is 2.27. The Morgan fingerprint density at radius 3 is 2.07 bits per heavy atom. The summed E-state index contributed by atoms with van der Waals surface area (Å²) >= 11 is 0. The minimum atomic E-state index is -0.713. The predicted octanol–water partition coefficient (Wildman–Crippen LogP) is 0.751. The molecule has 15 heavy (non-hydrogen) atoms. The Labute approximate surface area is 91.8 Å². The second kappa shape index (κ2) is 15.8. The van der Waals surface area contributed by atoms with Gasteiger partial charge in [-0.1, -0.05) is 12.2 Å². The molecule has 0 amide bonds. The first kappa shape index (κ1) is 16.7. The van der Waals surface area contributed by atoms with E-state index in [1.807, 2.05) is 6.92 Å². The summed E-state index contributed by atoms with van der Waals surface area (Å²) in [4.78, 5) is 0. The number of rotatable bonds is 8. The highest BCUT2D eigenvalue weighted by atomic mass is 16.5. The van der Waals surface area contributed by atoms with Gasteiger partial charge in [0.2, 0.25) is 0 Å². The van der Waals surface area contributed by atoms with Gasteiger partial charge in [-0.15, -0.1) is 13.2 Å². The van der Waals surface area contributed by atoms with Crippen LogP contribution in [0.25, 0.3) is 0 Å². The monoisotopic (exact) mass is 218 g/mol. The second-order valence-electron chi connectivity index (χ2n) is 2.61. The standard InChI is InChI=1S/C6H10O.C5H12O3/c1-3-5-7-6-4-2;1-2-8-4-5(7)3-6/h3-4H,1-2,5-6H2;5-7H,2-4H2,1H3. The van der Waals surface area contributed by atoms with Gasteiger partial charge in [-0.25, -0.2) is 0 Å². The molecule has 4 heteroatoms. The maximum absolute atomic E-state index is 8.61. The molecule has 0 saturated carbocycles. The Morgan fingerprint density at radius 1 is 1.20 bits per heavy atom. The molecule has 1 atom stereocenters. The SMILES string of the molecule is C=CCOCC=C.CCOCC(O)CO. The van der Waals surface area contributed by atoms with Crippen LogP contribution in [-0.2, 0) is 9.47 Å². The van der Waals surface area contributed by atoms with Crippen LogP contribution in [0.15, 0.2) is 25.3 Å². The minimum absolute atomic E-state index is 0.222. The van der Waals surface area contributed by atoms with Gasteiger partial charge in [0.25, 0.3) is 0 Å². The van der Waals surface area contributed by atoms with Gasteiger partial charge in [-0.3, -0.25) is 0 Å². The van der Waals surface area contributed by atoms with E-state index in [0.717, 1.165) is 0 Å². The van der Waals surface area contributed by atoms with E-state index < -0.39 is 6.10 Å². The summed E-state index contributed by atoms with van der Waals surface area (Å²) in [5.74, 6) is 0. The van der Waals surface area contributed by atoms with Crippen molar-refractivity contribution in [2.45, 2.75) is 13.0 Å². The highest BCUT2D eigenvalue weighted by Gasteiger charge is 1.98. The molecule has 0 fully saturated rings. The smallest absolute Gasteiger partial charge is 0.100 e. The van der Waals surface area contributed by atoms with Gasteiger partial charge < -0.3 is 19.7 Å². The Morgan fingerprint density at radius 2 is 1.73 bits per heavy atom. The fourth-order valence-corrected chi connectivity index (χ4v) is 0.541. The van der Waals surface area contributed by atoms with Crippen LogP contribution in [0.2, 0.25) is 0 Å². The van der Waals surface area contributed by atoms with Crippen molar-refractivity contribution < 1.29 is 19.7 Å². The highest BCUT2D eigenvalue weighted by Crippen LogP contribution is 1.81. The first-order valence-electron chi connectivity index (χ1n) is 4.89. The first-order chi connectivity index (χ1) is 7.22. The molecule has 0 spiro atoms. The van der Waals surface area contributed by atoms with E-state index in [-0.39, 0.29) is 13.2 Å². The lowest BCUT2D eigenvalue weighted by Crippen LogP contribution is -2.19. The van der Waals surface area contributed by atoms with Crippen LogP contribution < -0.4 is 0 Å². The van der Waals surface area contributed by atoms with Crippen molar-refractivity contribution >= 4 is 0 Å². The van der Waals surface area contributed by atoms with Crippen LogP contribution >= 0.6 is 0 Å². The van der Waals surface area contributed by atoms with E-state index >= 15 is 0 Å². The Bertz CT molecular complexity index is 129. The zero-order chi connectivity index (χ0) is 11.9. The molecule has 90 valence electrons. The van der Waals surface area contributed by atoms with Crippen molar-refractivity contribution in [3.63, 3.8) is 0 Å². The quantitative estimate of drug-likeness (QED) is 0.466. The van der Waals surface area contributed by atoms with Crippen LogP contribution in [-0.4, -0.2) is 49.4 Å². The van der Waals surface area contributed by atoms with Gasteiger partial charge >= 0.3 is 0 Å². The summed E-state index contributed by atoms with van der Waals surface area (Å²) in [7, 11) is 0. The van der Waals surface area contributed by atoms with E-state index in [2.05, 4.69) is 13.2 Å². The van der Waals surface area contributed by atoms with Gasteiger partial charge in [0.15, 0.2) is 0 Å². The van der Waals surface area contributed by atoms with E-state index in [0.29, 0.717) is 19.8 Å². The molecule has 0 aliphatic heterocycles. The third-order valence-electron chi connectivity index (χ3n) is 1.20. The van der Waals surface area contributed by atoms with Crippen molar-refractivity contribution in [1.29, 1.82) is 0 Å². The molecule has 2 N–H and O–H groups in total. The number of ether oxygens (including phenoxy) is 2. The molecular weight excluding hydrogens is 196 g/mol. The minimum Gasteiger partial charge on any atom is -0.394 e. The van der Waals surface area contributed by atoms with Crippen molar-refractivity contribution in [2.24, 2.45) is 0 Å². The van der Waals surface area contributed by atoms with E-state index in [9.17, 15) is 0 Å². The van der Waals surface area contributed by atoms with E-state index in [1.54, 1.807) is 12.2 Å². The third-order valence-corrected chi connectivity index (χ3v) is 1.20. The number of hydrogen-bond donors (Lipinski definition) is 2. The van der Waals surface area contributed by atoms with E-state index in [4.69, 9.17) is 19.7 Å². The molecule has 0 saturated heterocycles. The Kier molecular flexibility index (Phi) is 17.6. The molecule has 0 aliphatic rings. The van der Waals surface area contributed by atoms with Crippen LogP contribution in [0, 0.1) is 0 Å². The second-order valence-corrected chi connectivity index (χ2v) is 2.61. The predicted molar refractivity (Wildman–Crippen MR) is 60.8 cm³/mol. The fraction of sp³-hybridized carbons (Fsp3) is 0.636. The van der Waals surface area contributed by atoms with Crippen molar-refractivity contribution in [3.8, 4) is 0 Å². The number of aliphatic hydroxyl groups is 2. The normalized spacial score (nSPS) is 11.1. The summed E-state index contributed by atoms with van der Waals surface area (Å²) in [6.07, 6.45) is 2.71. The Balaban J connectivity index is 0. The van der Waals surface area contributed by atoms with Gasteiger partial charge in [-0.05, 0) is 6.92 Å².